The Labute approximate surface area is 123 Å². The maximum atomic E-state index is 12.5. The zero-order chi connectivity index (χ0) is 13.4. The van der Waals surface area contributed by atoms with Gasteiger partial charge in [-0.2, -0.15) is 0 Å². The van der Waals surface area contributed by atoms with E-state index in [9.17, 15) is 4.79 Å². The molecule has 1 amide bonds. The van der Waals surface area contributed by atoms with E-state index in [1.54, 1.807) is 15.8 Å². The van der Waals surface area contributed by atoms with Crippen LogP contribution in [0.3, 0.4) is 0 Å². The summed E-state index contributed by atoms with van der Waals surface area (Å²) in [5.41, 5.74) is 2.93. The lowest BCUT2D eigenvalue weighted by Gasteiger charge is -2.33. The van der Waals surface area contributed by atoms with Crippen molar-refractivity contribution in [2.75, 3.05) is 11.4 Å². The third-order valence-electron chi connectivity index (χ3n) is 2.88. The Morgan fingerprint density at radius 1 is 1.58 bits per heavy atom. The first kappa shape index (κ1) is 12.6. The zero-order valence-electron chi connectivity index (χ0n) is 10.2. The van der Waals surface area contributed by atoms with Gasteiger partial charge in [-0.3, -0.25) is 9.69 Å². The number of aromatic nitrogens is 1. The number of benzene rings is 1. The molecule has 0 spiro atoms. The van der Waals surface area contributed by atoms with Gasteiger partial charge < -0.3 is 4.74 Å². The Morgan fingerprint density at radius 2 is 2.42 bits per heavy atom. The number of fused-ring (bicyclic) bond motifs is 1. The summed E-state index contributed by atoms with van der Waals surface area (Å²) in [6, 6.07) is 5.67. The molecule has 1 aliphatic rings. The van der Waals surface area contributed by atoms with E-state index in [1.807, 2.05) is 25.1 Å². The first-order chi connectivity index (χ1) is 9.15. The van der Waals surface area contributed by atoms with Gasteiger partial charge in [-0.1, -0.05) is 15.9 Å². The largest absolute Gasteiger partial charge is 0.487 e. The Hall–Kier alpha value is -1.40. The van der Waals surface area contributed by atoms with Gasteiger partial charge in [0.15, 0.2) is 0 Å². The lowest BCUT2D eigenvalue weighted by molar-refractivity contribution is 0.0957. The number of halogens is 1. The van der Waals surface area contributed by atoms with Gasteiger partial charge in [0, 0.05) is 9.85 Å². The van der Waals surface area contributed by atoms with Crippen LogP contribution >= 0.6 is 27.3 Å². The highest BCUT2D eigenvalue weighted by Crippen LogP contribution is 2.36. The number of hydrogen-bond acceptors (Lipinski definition) is 4. The highest BCUT2D eigenvalue weighted by molar-refractivity contribution is 9.10. The molecule has 19 heavy (non-hydrogen) atoms. The topological polar surface area (TPSA) is 42.4 Å². The SMILES string of the molecule is CC1CN(C(=O)c2cscn2)c2cc(Br)ccc2O1. The molecule has 0 saturated heterocycles. The van der Waals surface area contributed by atoms with Crippen LogP contribution in [0.1, 0.15) is 17.4 Å². The summed E-state index contributed by atoms with van der Waals surface area (Å²) in [5.74, 6) is 0.640. The standard InChI is InChI=1S/C13H11BrN2O2S/c1-8-5-16(13(17)10-6-19-7-15-10)11-4-9(14)2-3-12(11)18-8/h2-4,6-8H,5H2,1H3. The average molecular weight is 339 g/mol. The van der Waals surface area contributed by atoms with Crippen molar-refractivity contribution in [3.05, 3.63) is 39.3 Å². The molecule has 2 heterocycles. The van der Waals surface area contributed by atoms with Gasteiger partial charge in [0.1, 0.15) is 17.5 Å². The molecule has 0 bridgehead atoms. The maximum absolute atomic E-state index is 12.5. The lowest BCUT2D eigenvalue weighted by Crippen LogP contribution is -2.42. The highest BCUT2D eigenvalue weighted by Gasteiger charge is 2.29. The van der Waals surface area contributed by atoms with E-state index in [2.05, 4.69) is 20.9 Å². The Morgan fingerprint density at radius 3 is 3.16 bits per heavy atom. The molecule has 98 valence electrons. The van der Waals surface area contributed by atoms with E-state index in [0.29, 0.717) is 12.2 Å². The molecule has 1 aromatic carbocycles. The number of amides is 1. The third kappa shape index (κ3) is 2.37. The van der Waals surface area contributed by atoms with E-state index in [4.69, 9.17) is 4.74 Å². The Kier molecular flexibility index (Phi) is 3.28. The highest BCUT2D eigenvalue weighted by atomic mass is 79.9. The first-order valence-corrected chi connectivity index (χ1v) is 7.55. The molecule has 4 nitrogen and oxygen atoms in total. The number of hydrogen-bond donors (Lipinski definition) is 0. The average Bonchev–Trinajstić information content (AvgIpc) is 2.91. The molecule has 6 heteroatoms. The maximum Gasteiger partial charge on any atom is 0.277 e. The third-order valence-corrected chi connectivity index (χ3v) is 3.96. The van der Waals surface area contributed by atoms with Crippen molar-refractivity contribution >= 4 is 38.9 Å². The number of carbonyl (C=O) groups is 1. The second-order valence-electron chi connectivity index (χ2n) is 4.33. The zero-order valence-corrected chi connectivity index (χ0v) is 12.6. The van der Waals surface area contributed by atoms with Crippen LogP contribution < -0.4 is 9.64 Å². The molecular formula is C13H11BrN2O2S. The van der Waals surface area contributed by atoms with Gasteiger partial charge in [0.2, 0.25) is 0 Å². The summed E-state index contributed by atoms with van der Waals surface area (Å²) in [5, 5.41) is 1.76. The van der Waals surface area contributed by atoms with Crippen LogP contribution in [0.4, 0.5) is 5.69 Å². The second-order valence-corrected chi connectivity index (χ2v) is 5.96. The summed E-state index contributed by atoms with van der Waals surface area (Å²) in [7, 11) is 0. The van der Waals surface area contributed by atoms with Crippen molar-refractivity contribution in [3.63, 3.8) is 0 Å². The van der Waals surface area contributed by atoms with Crippen LogP contribution in [0, 0.1) is 0 Å². The molecule has 1 aromatic heterocycles. The molecule has 0 aliphatic carbocycles. The van der Waals surface area contributed by atoms with Crippen LogP contribution in [0.25, 0.3) is 0 Å². The normalized spacial score (nSPS) is 17.8. The van der Waals surface area contributed by atoms with Gasteiger partial charge in [-0.15, -0.1) is 11.3 Å². The quantitative estimate of drug-likeness (QED) is 0.800. The fraction of sp³-hybridized carbons (Fsp3) is 0.231. The monoisotopic (exact) mass is 338 g/mol. The fourth-order valence-electron chi connectivity index (χ4n) is 2.06. The van der Waals surface area contributed by atoms with Crippen molar-refractivity contribution in [1.29, 1.82) is 0 Å². The van der Waals surface area contributed by atoms with Crippen molar-refractivity contribution in [2.24, 2.45) is 0 Å². The summed E-state index contributed by atoms with van der Waals surface area (Å²) in [6.45, 7) is 2.48. The summed E-state index contributed by atoms with van der Waals surface area (Å²) in [6.07, 6.45) is -0.0312. The second kappa shape index (κ2) is 4.94. The van der Waals surface area contributed by atoms with Gasteiger partial charge >= 0.3 is 0 Å². The molecular weight excluding hydrogens is 328 g/mol. The Bertz CT molecular complexity index is 615. The molecule has 0 N–H and O–H groups in total. The van der Waals surface area contributed by atoms with Crippen molar-refractivity contribution in [1.82, 2.24) is 4.98 Å². The number of carbonyl (C=O) groups excluding carboxylic acids is 1. The van der Waals surface area contributed by atoms with E-state index in [0.717, 1.165) is 15.9 Å². The van der Waals surface area contributed by atoms with E-state index in [1.165, 1.54) is 11.3 Å². The molecule has 2 aromatic rings. The number of rotatable bonds is 1. The Balaban J connectivity index is 2.03. The minimum Gasteiger partial charge on any atom is -0.487 e. The molecule has 1 atom stereocenters. The molecule has 3 rings (SSSR count). The van der Waals surface area contributed by atoms with Crippen LogP contribution in [0.5, 0.6) is 5.75 Å². The first-order valence-electron chi connectivity index (χ1n) is 5.81. The predicted octanol–water partition coefficient (Wildman–Crippen LogP) is 3.33. The summed E-state index contributed by atoms with van der Waals surface area (Å²) < 4.78 is 6.67. The van der Waals surface area contributed by atoms with Crippen molar-refractivity contribution in [3.8, 4) is 5.75 Å². The van der Waals surface area contributed by atoms with Gasteiger partial charge in [0.05, 0.1) is 17.7 Å². The van der Waals surface area contributed by atoms with Crippen molar-refractivity contribution < 1.29 is 9.53 Å². The molecule has 1 aliphatic heterocycles. The van der Waals surface area contributed by atoms with Crippen LogP contribution in [-0.4, -0.2) is 23.5 Å². The summed E-state index contributed by atoms with van der Waals surface area (Å²) in [4.78, 5) is 18.3. The number of nitrogens with zero attached hydrogens (tertiary/aromatic N) is 2. The minimum absolute atomic E-state index is 0.0312. The van der Waals surface area contributed by atoms with Crippen LogP contribution in [-0.2, 0) is 0 Å². The summed E-state index contributed by atoms with van der Waals surface area (Å²) >= 11 is 4.84. The molecule has 0 saturated carbocycles. The molecule has 0 radical (unpaired) electrons. The van der Waals surface area contributed by atoms with Crippen molar-refractivity contribution in [2.45, 2.75) is 13.0 Å². The van der Waals surface area contributed by atoms with E-state index < -0.39 is 0 Å². The van der Waals surface area contributed by atoms with Crippen LogP contribution in [0.15, 0.2) is 33.6 Å². The number of ether oxygens (including phenoxy) is 1. The smallest absolute Gasteiger partial charge is 0.277 e. The van der Waals surface area contributed by atoms with Gasteiger partial charge in [-0.25, -0.2) is 4.98 Å². The van der Waals surface area contributed by atoms with E-state index in [-0.39, 0.29) is 12.0 Å². The molecule has 1 unspecified atom stereocenters. The van der Waals surface area contributed by atoms with Gasteiger partial charge in [-0.05, 0) is 25.1 Å². The van der Waals surface area contributed by atoms with Gasteiger partial charge in [0.25, 0.3) is 5.91 Å². The number of anilines is 1. The lowest BCUT2D eigenvalue weighted by atomic mass is 10.2. The number of thiazole rings is 1. The predicted molar refractivity (Wildman–Crippen MR) is 78.0 cm³/mol. The van der Waals surface area contributed by atoms with E-state index >= 15 is 0 Å². The minimum atomic E-state index is -0.0873. The fourth-order valence-corrected chi connectivity index (χ4v) is 2.93. The molecule has 0 fully saturated rings. The van der Waals surface area contributed by atoms with Crippen LogP contribution in [0.2, 0.25) is 0 Å².